The van der Waals surface area contributed by atoms with Crippen molar-refractivity contribution < 1.29 is 4.79 Å². The van der Waals surface area contributed by atoms with Crippen molar-refractivity contribution in [3.8, 4) is 0 Å². The highest BCUT2D eigenvalue weighted by molar-refractivity contribution is 6.35. The van der Waals surface area contributed by atoms with Gasteiger partial charge in [0.05, 0.1) is 0 Å². The zero-order valence-corrected chi connectivity index (χ0v) is 16.0. The van der Waals surface area contributed by atoms with E-state index >= 15 is 0 Å². The topological polar surface area (TPSA) is 17.1 Å². The van der Waals surface area contributed by atoms with Gasteiger partial charge in [0.1, 0.15) is 5.78 Å². The van der Waals surface area contributed by atoms with Crippen molar-refractivity contribution in [3.63, 3.8) is 0 Å². The average molecular weight is 363 g/mol. The molecule has 1 saturated carbocycles. The van der Waals surface area contributed by atoms with Gasteiger partial charge in [-0.15, -0.1) is 0 Å². The molecule has 0 aromatic heterocycles. The summed E-state index contributed by atoms with van der Waals surface area (Å²) in [4.78, 5) is 12.8. The molecule has 4 rings (SSSR count). The van der Waals surface area contributed by atoms with Gasteiger partial charge in [0.15, 0.2) is 0 Å². The molecule has 0 N–H and O–H groups in total. The van der Waals surface area contributed by atoms with Crippen LogP contribution in [0.1, 0.15) is 48.8 Å². The number of carbonyl (C=O) groups is 1. The van der Waals surface area contributed by atoms with E-state index in [0.29, 0.717) is 24.0 Å². The molecule has 26 heavy (non-hydrogen) atoms. The Hall–Kier alpha value is -2.12. The minimum absolute atomic E-state index is 0.166. The van der Waals surface area contributed by atoms with Crippen molar-refractivity contribution in [1.82, 2.24) is 0 Å². The summed E-state index contributed by atoms with van der Waals surface area (Å²) in [6, 6.07) is 20.8. The molecule has 0 bridgehead atoms. The SMILES string of the molecule is CC(C)c1cccc([C@@H]2C[C@H]2C(=O)Cc2ccc3cccc(Cl)c3c2)c1. The zero-order chi connectivity index (χ0) is 18.3. The van der Waals surface area contributed by atoms with E-state index in [0.717, 1.165) is 27.8 Å². The van der Waals surface area contributed by atoms with Gasteiger partial charge in [-0.1, -0.05) is 74.0 Å². The smallest absolute Gasteiger partial charge is 0.140 e. The summed E-state index contributed by atoms with van der Waals surface area (Å²) >= 11 is 6.30. The van der Waals surface area contributed by atoms with Gasteiger partial charge in [-0.25, -0.2) is 0 Å². The standard InChI is InChI=1S/C24H23ClO/c1-15(2)18-6-3-7-19(13-18)20-14-22(20)24(26)12-16-9-10-17-5-4-8-23(25)21(17)11-16/h3-11,13,15,20,22H,12,14H2,1-2H3/t20-,22+/m0/s1. The fourth-order valence-electron chi connectivity index (χ4n) is 3.79. The monoisotopic (exact) mass is 362 g/mol. The normalized spacial score (nSPS) is 19.1. The summed E-state index contributed by atoms with van der Waals surface area (Å²) in [5.41, 5.74) is 3.72. The number of benzene rings is 3. The van der Waals surface area contributed by atoms with Crippen molar-refractivity contribution in [1.29, 1.82) is 0 Å². The fraction of sp³-hybridized carbons (Fsp3) is 0.292. The summed E-state index contributed by atoms with van der Waals surface area (Å²) in [6.45, 7) is 4.42. The van der Waals surface area contributed by atoms with Crippen LogP contribution >= 0.6 is 11.6 Å². The third-order valence-electron chi connectivity index (χ3n) is 5.48. The molecule has 0 spiro atoms. The first-order valence-corrected chi connectivity index (χ1v) is 9.70. The molecule has 0 unspecified atom stereocenters. The molecule has 0 amide bonds. The molecule has 3 aromatic carbocycles. The molecule has 1 fully saturated rings. The van der Waals surface area contributed by atoms with Gasteiger partial charge in [-0.05, 0) is 52.5 Å². The van der Waals surface area contributed by atoms with E-state index in [1.54, 1.807) is 0 Å². The highest BCUT2D eigenvalue weighted by Crippen LogP contribution is 2.48. The van der Waals surface area contributed by atoms with Crippen molar-refractivity contribution >= 4 is 28.2 Å². The third kappa shape index (κ3) is 3.41. The maximum atomic E-state index is 12.8. The minimum Gasteiger partial charge on any atom is -0.299 e. The third-order valence-corrected chi connectivity index (χ3v) is 5.81. The van der Waals surface area contributed by atoms with Crippen molar-refractivity contribution in [2.45, 2.75) is 38.5 Å². The molecule has 1 aliphatic carbocycles. The highest BCUT2D eigenvalue weighted by Gasteiger charge is 2.43. The number of rotatable bonds is 5. The van der Waals surface area contributed by atoms with Crippen LogP contribution in [0.4, 0.5) is 0 Å². The van der Waals surface area contributed by atoms with Gasteiger partial charge in [0.2, 0.25) is 0 Å². The first-order chi connectivity index (χ1) is 12.5. The Morgan fingerprint density at radius 3 is 2.69 bits per heavy atom. The first-order valence-electron chi connectivity index (χ1n) is 9.32. The highest BCUT2D eigenvalue weighted by atomic mass is 35.5. The molecule has 1 nitrogen and oxygen atoms in total. The Labute approximate surface area is 160 Å². The zero-order valence-electron chi connectivity index (χ0n) is 15.2. The summed E-state index contributed by atoms with van der Waals surface area (Å²) in [6.07, 6.45) is 1.47. The van der Waals surface area contributed by atoms with Crippen LogP contribution in [0.15, 0.2) is 60.7 Å². The molecule has 0 aliphatic heterocycles. The largest absolute Gasteiger partial charge is 0.299 e. The number of hydrogen-bond acceptors (Lipinski definition) is 1. The summed E-state index contributed by atoms with van der Waals surface area (Å²) in [5.74, 6) is 1.42. The van der Waals surface area contributed by atoms with E-state index in [9.17, 15) is 4.79 Å². The van der Waals surface area contributed by atoms with Gasteiger partial charge < -0.3 is 0 Å². The van der Waals surface area contributed by atoms with Crippen LogP contribution in [0.3, 0.4) is 0 Å². The van der Waals surface area contributed by atoms with E-state index in [2.05, 4.69) is 50.2 Å². The maximum absolute atomic E-state index is 12.8. The second-order valence-electron chi connectivity index (χ2n) is 7.71. The summed E-state index contributed by atoms with van der Waals surface area (Å²) < 4.78 is 0. The summed E-state index contributed by atoms with van der Waals surface area (Å²) in [5, 5.41) is 2.88. The van der Waals surface area contributed by atoms with Crippen LogP contribution in [0, 0.1) is 5.92 Å². The Morgan fingerprint density at radius 1 is 1.08 bits per heavy atom. The number of carbonyl (C=O) groups excluding carboxylic acids is 1. The molecular formula is C24H23ClO. The summed E-state index contributed by atoms with van der Waals surface area (Å²) in [7, 11) is 0. The van der Waals surface area contributed by atoms with Crippen LogP contribution < -0.4 is 0 Å². The second-order valence-corrected chi connectivity index (χ2v) is 8.12. The molecule has 132 valence electrons. The van der Waals surface area contributed by atoms with Crippen LogP contribution in [-0.4, -0.2) is 5.78 Å². The molecular weight excluding hydrogens is 340 g/mol. The number of ketones is 1. The van der Waals surface area contributed by atoms with E-state index < -0.39 is 0 Å². The van der Waals surface area contributed by atoms with E-state index in [4.69, 9.17) is 11.6 Å². The first kappa shape index (κ1) is 17.3. The average Bonchev–Trinajstić information content (AvgIpc) is 3.43. The lowest BCUT2D eigenvalue weighted by Crippen LogP contribution is -2.06. The quantitative estimate of drug-likeness (QED) is 0.504. The Morgan fingerprint density at radius 2 is 1.88 bits per heavy atom. The van der Waals surface area contributed by atoms with Gasteiger partial charge in [0, 0.05) is 22.7 Å². The number of fused-ring (bicyclic) bond motifs is 1. The van der Waals surface area contributed by atoms with Crippen molar-refractivity contribution in [2.75, 3.05) is 0 Å². The Bertz CT molecular complexity index is 973. The lowest BCUT2D eigenvalue weighted by molar-refractivity contribution is -0.119. The van der Waals surface area contributed by atoms with E-state index in [1.165, 1.54) is 11.1 Å². The predicted molar refractivity (Wildman–Crippen MR) is 109 cm³/mol. The van der Waals surface area contributed by atoms with E-state index in [1.807, 2.05) is 24.3 Å². The van der Waals surface area contributed by atoms with E-state index in [-0.39, 0.29) is 5.92 Å². The van der Waals surface area contributed by atoms with Gasteiger partial charge in [-0.2, -0.15) is 0 Å². The van der Waals surface area contributed by atoms with Crippen molar-refractivity contribution in [2.24, 2.45) is 5.92 Å². The maximum Gasteiger partial charge on any atom is 0.140 e. The van der Waals surface area contributed by atoms with Crippen molar-refractivity contribution in [3.05, 3.63) is 82.4 Å². The molecule has 2 heteroatoms. The second kappa shape index (κ2) is 6.89. The van der Waals surface area contributed by atoms with Crippen LogP contribution in [0.25, 0.3) is 10.8 Å². The molecule has 0 heterocycles. The lowest BCUT2D eigenvalue weighted by Gasteiger charge is -2.08. The van der Waals surface area contributed by atoms with Gasteiger partial charge in [-0.3, -0.25) is 4.79 Å². The Kier molecular flexibility index (Phi) is 4.58. The minimum atomic E-state index is 0.166. The fourth-order valence-corrected chi connectivity index (χ4v) is 4.03. The van der Waals surface area contributed by atoms with Gasteiger partial charge >= 0.3 is 0 Å². The van der Waals surface area contributed by atoms with Crippen LogP contribution in [0.5, 0.6) is 0 Å². The number of Topliss-reactive ketones (excluding diaryl/α,β-unsaturated/α-hetero) is 1. The molecule has 3 aromatic rings. The number of hydrogen-bond donors (Lipinski definition) is 0. The predicted octanol–water partition coefficient (Wildman–Crippen LogP) is 6.53. The molecule has 0 saturated heterocycles. The number of halogens is 1. The molecule has 1 aliphatic rings. The Balaban J connectivity index is 1.48. The lowest BCUT2D eigenvalue weighted by atomic mass is 9.97. The molecule has 0 radical (unpaired) electrons. The van der Waals surface area contributed by atoms with Crippen LogP contribution in [-0.2, 0) is 11.2 Å². The van der Waals surface area contributed by atoms with Crippen LogP contribution in [0.2, 0.25) is 5.02 Å². The molecule has 2 atom stereocenters. The van der Waals surface area contributed by atoms with Gasteiger partial charge in [0.25, 0.3) is 0 Å².